The molecule has 2 aliphatic rings. The van der Waals surface area contributed by atoms with Crippen LogP contribution in [0.15, 0.2) is 47.1 Å². The molecule has 4 heteroatoms. The van der Waals surface area contributed by atoms with Crippen molar-refractivity contribution in [3.8, 4) is 6.07 Å². The van der Waals surface area contributed by atoms with Crippen molar-refractivity contribution in [2.75, 3.05) is 0 Å². The van der Waals surface area contributed by atoms with E-state index in [1.807, 2.05) is 0 Å². The van der Waals surface area contributed by atoms with Crippen molar-refractivity contribution in [1.82, 2.24) is 0 Å². The first-order chi connectivity index (χ1) is 9.70. The Morgan fingerprint density at radius 1 is 1.20 bits per heavy atom. The van der Waals surface area contributed by atoms with E-state index < -0.39 is 0 Å². The van der Waals surface area contributed by atoms with E-state index in [4.69, 9.17) is 10.5 Å². The maximum atomic E-state index is 13.1. The molecular formula is C16H15FN2O. The van der Waals surface area contributed by atoms with Crippen LogP contribution in [0.3, 0.4) is 0 Å². The van der Waals surface area contributed by atoms with Crippen molar-refractivity contribution < 1.29 is 9.13 Å². The Balaban J connectivity index is 2.11. The lowest BCUT2D eigenvalue weighted by Crippen LogP contribution is -2.22. The number of ether oxygens (including phenoxy) is 1. The van der Waals surface area contributed by atoms with E-state index in [-0.39, 0.29) is 17.6 Å². The van der Waals surface area contributed by atoms with Crippen molar-refractivity contribution in [3.63, 3.8) is 0 Å². The lowest BCUT2D eigenvalue weighted by atomic mass is 9.78. The van der Waals surface area contributed by atoms with Gasteiger partial charge >= 0.3 is 0 Å². The minimum Gasteiger partial charge on any atom is -0.445 e. The summed E-state index contributed by atoms with van der Waals surface area (Å²) >= 11 is 0. The zero-order valence-electron chi connectivity index (χ0n) is 11.0. The van der Waals surface area contributed by atoms with Crippen LogP contribution in [0, 0.1) is 17.1 Å². The highest BCUT2D eigenvalue weighted by Crippen LogP contribution is 2.44. The molecule has 0 saturated carbocycles. The fraction of sp³-hybridized carbons (Fsp3) is 0.312. The minimum absolute atomic E-state index is 0.183. The standard InChI is InChI=1S/C16H15FN2O/c17-11-7-5-10(6-8-11)15-12-3-1-2-4-14(12)20-16(19)13(15)9-18/h5-8,15H,1-4,19H2. The Labute approximate surface area is 117 Å². The summed E-state index contributed by atoms with van der Waals surface area (Å²) in [6, 6.07) is 8.42. The summed E-state index contributed by atoms with van der Waals surface area (Å²) in [6.07, 6.45) is 3.91. The number of nitriles is 1. The van der Waals surface area contributed by atoms with Crippen LogP contribution in [-0.2, 0) is 4.74 Å². The third kappa shape index (κ3) is 2.05. The largest absolute Gasteiger partial charge is 0.445 e. The Morgan fingerprint density at radius 2 is 1.90 bits per heavy atom. The number of hydrogen-bond donors (Lipinski definition) is 1. The molecule has 20 heavy (non-hydrogen) atoms. The van der Waals surface area contributed by atoms with Gasteiger partial charge in [-0.15, -0.1) is 0 Å². The predicted molar refractivity (Wildman–Crippen MR) is 72.5 cm³/mol. The molecule has 2 N–H and O–H groups in total. The van der Waals surface area contributed by atoms with E-state index in [9.17, 15) is 9.65 Å². The number of nitrogens with zero attached hydrogens (tertiary/aromatic N) is 1. The van der Waals surface area contributed by atoms with Crippen LogP contribution in [0.4, 0.5) is 4.39 Å². The van der Waals surface area contributed by atoms with Crippen molar-refractivity contribution in [3.05, 3.63) is 58.4 Å². The molecule has 1 aliphatic heterocycles. The normalized spacial score (nSPS) is 22.1. The van der Waals surface area contributed by atoms with E-state index in [1.54, 1.807) is 12.1 Å². The third-order valence-corrected chi connectivity index (χ3v) is 3.92. The molecule has 3 rings (SSSR count). The van der Waals surface area contributed by atoms with Gasteiger partial charge in [0.15, 0.2) is 0 Å². The highest BCUT2D eigenvalue weighted by Gasteiger charge is 2.33. The van der Waals surface area contributed by atoms with Crippen LogP contribution in [0.5, 0.6) is 0 Å². The summed E-state index contributed by atoms with van der Waals surface area (Å²) in [5.41, 5.74) is 8.32. The molecule has 1 unspecified atom stereocenters. The molecule has 3 nitrogen and oxygen atoms in total. The summed E-state index contributed by atoms with van der Waals surface area (Å²) in [4.78, 5) is 0. The molecule has 0 bridgehead atoms. The van der Waals surface area contributed by atoms with Crippen LogP contribution in [0.2, 0.25) is 0 Å². The maximum absolute atomic E-state index is 13.1. The van der Waals surface area contributed by atoms with E-state index in [0.717, 1.165) is 42.6 Å². The second-order valence-electron chi connectivity index (χ2n) is 5.13. The van der Waals surface area contributed by atoms with Gasteiger partial charge in [-0.3, -0.25) is 0 Å². The Kier molecular flexibility index (Phi) is 3.19. The quantitative estimate of drug-likeness (QED) is 0.850. The summed E-state index contributed by atoms with van der Waals surface area (Å²) in [6.45, 7) is 0. The molecule has 0 spiro atoms. The molecule has 0 aromatic heterocycles. The van der Waals surface area contributed by atoms with E-state index in [1.165, 1.54) is 12.1 Å². The molecule has 0 saturated heterocycles. The molecule has 0 fully saturated rings. The maximum Gasteiger partial charge on any atom is 0.205 e. The van der Waals surface area contributed by atoms with Crippen LogP contribution < -0.4 is 5.73 Å². The van der Waals surface area contributed by atoms with Gasteiger partial charge in [0.05, 0.1) is 0 Å². The van der Waals surface area contributed by atoms with E-state index in [0.29, 0.717) is 5.57 Å². The van der Waals surface area contributed by atoms with Gasteiger partial charge in [-0.05, 0) is 42.5 Å². The first-order valence-electron chi connectivity index (χ1n) is 6.75. The first-order valence-corrected chi connectivity index (χ1v) is 6.75. The second-order valence-corrected chi connectivity index (χ2v) is 5.13. The number of nitrogens with two attached hydrogens (primary N) is 1. The average molecular weight is 270 g/mol. The minimum atomic E-state index is -0.283. The summed E-state index contributed by atoms with van der Waals surface area (Å²) in [5.74, 6) is 0.600. The number of allylic oxidation sites excluding steroid dienone is 3. The SMILES string of the molecule is N#CC1=C(N)OC2=C(CCCC2)C1c1ccc(F)cc1. The molecule has 1 heterocycles. The second kappa shape index (κ2) is 5.01. The molecule has 1 aromatic carbocycles. The summed E-state index contributed by atoms with van der Waals surface area (Å²) < 4.78 is 18.7. The van der Waals surface area contributed by atoms with Gasteiger partial charge in [-0.2, -0.15) is 5.26 Å². The summed E-state index contributed by atoms with van der Waals surface area (Å²) in [7, 11) is 0. The lowest BCUT2D eigenvalue weighted by Gasteiger charge is -2.31. The number of rotatable bonds is 1. The van der Waals surface area contributed by atoms with Crippen molar-refractivity contribution in [2.24, 2.45) is 5.73 Å². The highest BCUT2D eigenvalue weighted by molar-refractivity contribution is 5.49. The Morgan fingerprint density at radius 3 is 2.60 bits per heavy atom. The average Bonchev–Trinajstić information content (AvgIpc) is 2.47. The molecular weight excluding hydrogens is 255 g/mol. The fourth-order valence-electron chi connectivity index (χ4n) is 2.97. The topological polar surface area (TPSA) is 59.0 Å². The van der Waals surface area contributed by atoms with Gasteiger partial charge in [-0.25, -0.2) is 4.39 Å². The van der Waals surface area contributed by atoms with Gasteiger partial charge in [0.2, 0.25) is 5.88 Å². The zero-order chi connectivity index (χ0) is 14.1. The summed E-state index contributed by atoms with van der Waals surface area (Å²) in [5, 5.41) is 9.37. The number of benzene rings is 1. The van der Waals surface area contributed by atoms with E-state index in [2.05, 4.69) is 6.07 Å². The van der Waals surface area contributed by atoms with E-state index >= 15 is 0 Å². The smallest absolute Gasteiger partial charge is 0.205 e. The van der Waals surface area contributed by atoms with Gasteiger partial charge in [0.1, 0.15) is 23.2 Å². The Hall–Kier alpha value is -2.28. The Bertz CT molecular complexity index is 637. The molecule has 0 amide bonds. The van der Waals surface area contributed by atoms with Crippen LogP contribution in [0.1, 0.15) is 37.2 Å². The first kappa shape index (κ1) is 12.7. The van der Waals surface area contributed by atoms with Gasteiger partial charge in [0, 0.05) is 12.3 Å². The van der Waals surface area contributed by atoms with Gasteiger partial charge in [-0.1, -0.05) is 12.1 Å². The van der Waals surface area contributed by atoms with Crippen LogP contribution in [-0.4, -0.2) is 0 Å². The van der Waals surface area contributed by atoms with Gasteiger partial charge in [0.25, 0.3) is 0 Å². The molecule has 102 valence electrons. The monoisotopic (exact) mass is 270 g/mol. The molecule has 0 radical (unpaired) electrons. The van der Waals surface area contributed by atoms with Gasteiger partial charge < -0.3 is 10.5 Å². The lowest BCUT2D eigenvalue weighted by molar-refractivity contribution is 0.251. The number of halogens is 1. The van der Waals surface area contributed by atoms with Crippen LogP contribution >= 0.6 is 0 Å². The fourth-order valence-corrected chi connectivity index (χ4v) is 2.97. The zero-order valence-corrected chi connectivity index (χ0v) is 11.0. The highest BCUT2D eigenvalue weighted by atomic mass is 19.1. The molecule has 1 aromatic rings. The predicted octanol–water partition coefficient (Wildman–Crippen LogP) is 3.46. The van der Waals surface area contributed by atoms with Crippen molar-refractivity contribution in [2.45, 2.75) is 31.6 Å². The molecule has 1 atom stereocenters. The van der Waals surface area contributed by atoms with Crippen molar-refractivity contribution in [1.29, 1.82) is 5.26 Å². The molecule has 1 aliphatic carbocycles. The number of hydrogen-bond acceptors (Lipinski definition) is 3. The van der Waals surface area contributed by atoms with Crippen LogP contribution in [0.25, 0.3) is 0 Å². The third-order valence-electron chi connectivity index (χ3n) is 3.92. The van der Waals surface area contributed by atoms with Crippen molar-refractivity contribution >= 4 is 0 Å².